The number of rotatable bonds is 9. The number of amides is 1. The summed E-state index contributed by atoms with van der Waals surface area (Å²) in [4.78, 5) is 15.2. The number of sulfonamides is 1. The first-order valence-electron chi connectivity index (χ1n) is 9.69. The van der Waals surface area contributed by atoms with Crippen molar-refractivity contribution in [3.8, 4) is 0 Å². The van der Waals surface area contributed by atoms with Gasteiger partial charge in [0, 0.05) is 43.9 Å². The summed E-state index contributed by atoms with van der Waals surface area (Å²) in [6.45, 7) is 3.97. The molecule has 1 aliphatic rings. The SMILES string of the molecule is CC(OCCCNC(=O)c1cc(S(=O)(=O)N2CCSCC2)c[nH]1)c1ccccc1. The summed E-state index contributed by atoms with van der Waals surface area (Å²) in [7, 11) is -3.55. The largest absolute Gasteiger partial charge is 0.374 e. The molecule has 2 aromatic rings. The average molecular weight is 438 g/mol. The standard InChI is InChI=1S/C20H27N3O4S2/c1-16(17-6-3-2-4-7-17)27-11-5-8-21-20(24)19-14-18(15-22-19)29(25,26)23-9-12-28-13-10-23/h2-4,6-7,14-16,22H,5,8-13H2,1H3,(H,21,24). The van der Waals surface area contributed by atoms with Crippen LogP contribution in [0.25, 0.3) is 0 Å². The van der Waals surface area contributed by atoms with Crippen LogP contribution in [-0.4, -0.2) is 61.4 Å². The molecule has 158 valence electrons. The minimum atomic E-state index is -3.55. The van der Waals surface area contributed by atoms with Crippen LogP contribution in [0.3, 0.4) is 0 Å². The van der Waals surface area contributed by atoms with Crippen molar-refractivity contribution in [2.45, 2.75) is 24.3 Å². The van der Waals surface area contributed by atoms with Gasteiger partial charge >= 0.3 is 0 Å². The van der Waals surface area contributed by atoms with Gasteiger partial charge in [0.15, 0.2) is 0 Å². The van der Waals surface area contributed by atoms with Gasteiger partial charge in [-0.2, -0.15) is 16.1 Å². The number of ether oxygens (including phenoxy) is 1. The first-order valence-corrected chi connectivity index (χ1v) is 12.3. The van der Waals surface area contributed by atoms with Gasteiger partial charge in [-0.1, -0.05) is 30.3 Å². The normalized spacial score (nSPS) is 16.4. The van der Waals surface area contributed by atoms with Crippen molar-refractivity contribution >= 4 is 27.7 Å². The molecule has 7 nitrogen and oxygen atoms in total. The lowest BCUT2D eigenvalue weighted by atomic mass is 10.1. The molecule has 0 aliphatic carbocycles. The number of carbonyl (C=O) groups is 1. The van der Waals surface area contributed by atoms with Crippen molar-refractivity contribution in [1.29, 1.82) is 0 Å². The van der Waals surface area contributed by atoms with E-state index < -0.39 is 10.0 Å². The molecule has 1 aliphatic heterocycles. The predicted octanol–water partition coefficient (Wildman–Crippen LogP) is 2.65. The fourth-order valence-electron chi connectivity index (χ4n) is 3.04. The number of hydrogen-bond acceptors (Lipinski definition) is 5. The number of nitrogens with zero attached hydrogens (tertiary/aromatic N) is 1. The zero-order chi connectivity index (χ0) is 20.7. The number of nitrogens with one attached hydrogen (secondary N) is 2. The quantitative estimate of drug-likeness (QED) is 0.589. The first-order chi connectivity index (χ1) is 14.0. The Morgan fingerprint density at radius 3 is 2.72 bits per heavy atom. The van der Waals surface area contributed by atoms with Gasteiger partial charge in [-0.05, 0) is 25.0 Å². The van der Waals surface area contributed by atoms with E-state index >= 15 is 0 Å². The molecule has 1 amide bonds. The molecule has 2 N–H and O–H groups in total. The molecule has 0 bridgehead atoms. The molecular formula is C20H27N3O4S2. The minimum absolute atomic E-state index is 0.00346. The second kappa shape index (κ2) is 10.3. The van der Waals surface area contributed by atoms with Gasteiger partial charge < -0.3 is 15.0 Å². The van der Waals surface area contributed by atoms with Gasteiger partial charge in [0.2, 0.25) is 10.0 Å². The van der Waals surface area contributed by atoms with Crippen molar-refractivity contribution in [1.82, 2.24) is 14.6 Å². The Kier molecular flexibility index (Phi) is 7.77. The monoisotopic (exact) mass is 437 g/mol. The highest BCUT2D eigenvalue weighted by atomic mass is 32.2. The maximum absolute atomic E-state index is 12.7. The van der Waals surface area contributed by atoms with E-state index in [1.807, 2.05) is 37.3 Å². The van der Waals surface area contributed by atoms with Crippen LogP contribution in [0.15, 0.2) is 47.5 Å². The summed E-state index contributed by atoms with van der Waals surface area (Å²) >= 11 is 1.75. The smallest absolute Gasteiger partial charge is 0.267 e. The van der Waals surface area contributed by atoms with E-state index in [2.05, 4.69) is 10.3 Å². The number of H-pyrrole nitrogens is 1. The second-order valence-electron chi connectivity index (χ2n) is 6.80. The van der Waals surface area contributed by atoms with Crippen LogP contribution in [0.2, 0.25) is 0 Å². The third kappa shape index (κ3) is 5.85. The molecule has 1 fully saturated rings. The summed E-state index contributed by atoms with van der Waals surface area (Å²) in [6, 6.07) is 11.4. The topological polar surface area (TPSA) is 91.5 Å². The Labute approximate surface area is 176 Å². The molecular weight excluding hydrogens is 410 g/mol. The van der Waals surface area contributed by atoms with Crippen molar-refractivity contribution in [3.63, 3.8) is 0 Å². The minimum Gasteiger partial charge on any atom is -0.374 e. The summed E-state index contributed by atoms with van der Waals surface area (Å²) in [6.07, 6.45) is 2.05. The van der Waals surface area contributed by atoms with Gasteiger partial charge in [-0.3, -0.25) is 4.79 Å². The Morgan fingerprint density at radius 2 is 2.00 bits per heavy atom. The maximum Gasteiger partial charge on any atom is 0.267 e. The third-order valence-electron chi connectivity index (χ3n) is 4.75. The van der Waals surface area contributed by atoms with Gasteiger partial charge in [-0.15, -0.1) is 0 Å². The van der Waals surface area contributed by atoms with E-state index in [0.717, 1.165) is 17.1 Å². The third-order valence-corrected chi connectivity index (χ3v) is 7.57. The molecule has 0 saturated carbocycles. The molecule has 9 heteroatoms. The number of thioether (sulfide) groups is 1. The van der Waals surface area contributed by atoms with Crippen LogP contribution < -0.4 is 5.32 Å². The van der Waals surface area contributed by atoms with Crippen LogP contribution in [0.5, 0.6) is 0 Å². The lowest BCUT2D eigenvalue weighted by Gasteiger charge is -2.24. The maximum atomic E-state index is 12.7. The second-order valence-corrected chi connectivity index (χ2v) is 9.96. The van der Waals surface area contributed by atoms with E-state index in [1.54, 1.807) is 11.8 Å². The Bertz CT molecular complexity index is 893. The molecule has 29 heavy (non-hydrogen) atoms. The molecule has 0 spiro atoms. The van der Waals surface area contributed by atoms with Gasteiger partial charge in [-0.25, -0.2) is 8.42 Å². The zero-order valence-corrected chi connectivity index (χ0v) is 18.1. The molecule has 2 heterocycles. The first kappa shape index (κ1) is 21.9. The Hall–Kier alpha value is -1.81. The van der Waals surface area contributed by atoms with Crippen molar-refractivity contribution < 1.29 is 17.9 Å². The summed E-state index contributed by atoms with van der Waals surface area (Å²) in [5.41, 5.74) is 1.36. The molecule has 0 radical (unpaired) electrons. The molecule has 1 unspecified atom stereocenters. The molecule has 1 saturated heterocycles. The van der Waals surface area contributed by atoms with E-state index in [0.29, 0.717) is 32.7 Å². The average Bonchev–Trinajstić information content (AvgIpc) is 3.26. The predicted molar refractivity (Wildman–Crippen MR) is 115 cm³/mol. The van der Waals surface area contributed by atoms with Gasteiger partial charge in [0.1, 0.15) is 10.6 Å². The van der Waals surface area contributed by atoms with E-state index in [4.69, 9.17) is 4.74 Å². The highest BCUT2D eigenvalue weighted by Crippen LogP contribution is 2.21. The van der Waals surface area contributed by atoms with Crippen LogP contribution >= 0.6 is 11.8 Å². The zero-order valence-electron chi connectivity index (χ0n) is 16.5. The summed E-state index contributed by atoms with van der Waals surface area (Å²) in [5.74, 6) is 1.26. The lowest BCUT2D eigenvalue weighted by Crippen LogP contribution is -2.37. The van der Waals surface area contributed by atoms with Crippen LogP contribution in [0, 0.1) is 0 Å². The summed E-state index contributed by atoms with van der Waals surface area (Å²) in [5, 5.41) is 2.79. The van der Waals surface area contributed by atoms with Crippen molar-refractivity contribution in [2.75, 3.05) is 37.7 Å². The number of aromatic nitrogens is 1. The lowest BCUT2D eigenvalue weighted by molar-refractivity contribution is 0.0634. The van der Waals surface area contributed by atoms with Gasteiger partial charge in [0.05, 0.1) is 6.10 Å². The van der Waals surface area contributed by atoms with Crippen LogP contribution in [0.4, 0.5) is 0 Å². The van der Waals surface area contributed by atoms with E-state index in [-0.39, 0.29) is 22.6 Å². The van der Waals surface area contributed by atoms with Crippen LogP contribution in [0.1, 0.15) is 35.5 Å². The summed E-state index contributed by atoms with van der Waals surface area (Å²) < 4.78 is 32.6. The van der Waals surface area contributed by atoms with Gasteiger partial charge in [0.25, 0.3) is 5.91 Å². The molecule has 1 atom stereocenters. The molecule has 1 aromatic heterocycles. The fourth-order valence-corrected chi connectivity index (χ4v) is 5.61. The molecule has 1 aromatic carbocycles. The van der Waals surface area contributed by atoms with Crippen molar-refractivity contribution in [2.24, 2.45) is 0 Å². The highest BCUT2D eigenvalue weighted by Gasteiger charge is 2.27. The Balaban J connectivity index is 1.43. The number of benzene rings is 1. The van der Waals surface area contributed by atoms with E-state index in [1.165, 1.54) is 16.6 Å². The molecule has 3 rings (SSSR count). The highest BCUT2D eigenvalue weighted by molar-refractivity contribution is 7.99. The fraction of sp³-hybridized carbons (Fsp3) is 0.450. The number of hydrogen-bond donors (Lipinski definition) is 2. The van der Waals surface area contributed by atoms with Crippen molar-refractivity contribution in [3.05, 3.63) is 53.9 Å². The number of carbonyl (C=O) groups excluding carboxylic acids is 1. The van der Waals surface area contributed by atoms with Crippen LogP contribution in [-0.2, 0) is 14.8 Å². The number of aromatic amines is 1. The van der Waals surface area contributed by atoms with E-state index in [9.17, 15) is 13.2 Å². The Morgan fingerprint density at radius 1 is 1.28 bits per heavy atom.